The largest absolute Gasteiger partial charge is 0.459 e. The highest BCUT2D eigenvalue weighted by Crippen LogP contribution is 2.25. The molecule has 2 aromatic heterocycles. The van der Waals surface area contributed by atoms with Crippen molar-refractivity contribution < 1.29 is 27.5 Å². The van der Waals surface area contributed by atoms with Gasteiger partial charge in [0.2, 0.25) is 0 Å². The summed E-state index contributed by atoms with van der Waals surface area (Å²) < 4.78 is 40.7. The molecule has 3 rings (SSSR count). The van der Waals surface area contributed by atoms with E-state index in [1.807, 2.05) is 24.3 Å². The van der Waals surface area contributed by atoms with Gasteiger partial charge >= 0.3 is 12.1 Å². The van der Waals surface area contributed by atoms with E-state index in [4.69, 9.17) is 9.47 Å². The number of hydrogen-bond acceptors (Lipinski definition) is 8. The molecule has 1 unspecified atom stereocenters. The standard InChI is InChI=1S/C35H46N4O6S/c1-9-10-14-25(2)27-20-18-26(19-21-27)23-29(38-46(42,43)31-17-11-12-22-36-31)28-15-13-16-30(37-28)39(33(41)45-35(6,7)8)24-32(40)44-34(3,4)5/h11-22,29,38H,9-10,23-24H2,1-8H3. The zero-order valence-corrected chi connectivity index (χ0v) is 28.8. The number of allylic oxidation sites excluding steroid dienone is 2. The van der Waals surface area contributed by atoms with Gasteiger partial charge in [0.15, 0.2) is 5.03 Å². The van der Waals surface area contributed by atoms with Crippen molar-refractivity contribution in [2.75, 3.05) is 11.4 Å². The van der Waals surface area contributed by atoms with Crippen LogP contribution in [-0.2, 0) is 30.7 Å². The molecule has 0 fully saturated rings. The molecule has 11 heteroatoms. The normalized spacial score (nSPS) is 13.2. The Balaban J connectivity index is 2.04. The number of amides is 1. The quantitative estimate of drug-likeness (QED) is 0.207. The fourth-order valence-electron chi connectivity index (χ4n) is 4.42. The minimum Gasteiger partial charge on any atom is -0.459 e. The van der Waals surface area contributed by atoms with E-state index in [1.54, 1.807) is 71.9 Å². The molecular weight excluding hydrogens is 604 g/mol. The number of sulfonamides is 1. The van der Waals surface area contributed by atoms with Crippen LogP contribution in [0.2, 0.25) is 0 Å². The second-order valence-corrected chi connectivity index (χ2v) is 14.7. The predicted molar refractivity (Wildman–Crippen MR) is 180 cm³/mol. The maximum Gasteiger partial charge on any atom is 0.416 e. The van der Waals surface area contributed by atoms with Crippen molar-refractivity contribution in [1.82, 2.24) is 14.7 Å². The summed E-state index contributed by atoms with van der Waals surface area (Å²) in [5.74, 6) is -0.548. The molecule has 0 aliphatic rings. The van der Waals surface area contributed by atoms with Crippen LogP contribution in [0.15, 0.2) is 78.0 Å². The Morgan fingerprint density at radius 1 is 0.935 bits per heavy atom. The monoisotopic (exact) mass is 650 g/mol. The second kappa shape index (κ2) is 15.5. The molecule has 46 heavy (non-hydrogen) atoms. The Hall–Kier alpha value is -4.09. The van der Waals surface area contributed by atoms with E-state index in [0.717, 1.165) is 28.9 Å². The van der Waals surface area contributed by atoms with Crippen molar-refractivity contribution in [3.63, 3.8) is 0 Å². The molecule has 1 amide bonds. The minimum absolute atomic E-state index is 0.103. The minimum atomic E-state index is -4.06. The third-order valence-corrected chi connectivity index (χ3v) is 7.90. The molecule has 2 heterocycles. The van der Waals surface area contributed by atoms with Crippen LogP contribution in [0.1, 0.15) is 91.1 Å². The lowest BCUT2D eigenvalue weighted by Gasteiger charge is -2.28. The number of benzene rings is 1. The van der Waals surface area contributed by atoms with Gasteiger partial charge < -0.3 is 9.47 Å². The van der Waals surface area contributed by atoms with E-state index in [9.17, 15) is 18.0 Å². The number of pyridine rings is 2. The summed E-state index contributed by atoms with van der Waals surface area (Å²) in [4.78, 5) is 36.0. The molecule has 0 bridgehead atoms. The maximum atomic E-state index is 13.5. The van der Waals surface area contributed by atoms with E-state index >= 15 is 0 Å². The van der Waals surface area contributed by atoms with Crippen molar-refractivity contribution in [3.8, 4) is 0 Å². The Bertz CT molecular complexity index is 1610. The summed E-state index contributed by atoms with van der Waals surface area (Å²) in [7, 11) is -4.06. The molecule has 1 atom stereocenters. The summed E-state index contributed by atoms with van der Waals surface area (Å²) in [6.45, 7) is 14.1. The number of carbonyl (C=O) groups excluding carboxylic acids is 2. The van der Waals surface area contributed by atoms with Crippen LogP contribution < -0.4 is 9.62 Å². The topological polar surface area (TPSA) is 128 Å². The molecule has 0 aliphatic carbocycles. The number of ether oxygens (including phenoxy) is 2. The van der Waals surface area contributed by atoms with Gasteiger partial charge in [0.05, 0.1) is 11.7 Å². The molecule has 248 valence electrons. The summed E-state index contributed by atoms with van der Waals surface area (Å²) >= 11 is 0. The van der Waals surface area contributed by atoms with Crippen LogP contribution in [0.3, 0.4) is 0 Å². The molecule has 0 spiro atoms. The molecule has 0 saturated heterocycles. The average molecular weight is 651 g/mol. The van der Waals surface area contributed by atoms with Crippen molar-refractivity contribution in [2.45, 2.75) is 96.9 Å². The van der Waals surface area contributed by atoms with Gasteiger partial charge in [0, 0.05) is 6.20 Å². The van der Waals surface area contributed by atoms with Crippen LogP contribution in [-0.4, -0.2) is 48.2 Å². The highest BCUT2D eigenvalue weighted by atomic mass is 32.2. The van der Waals surface area contributed by atoms with Crippen molar-refractivity contribution in [2.24, 2.45) is 0 Å². The number of esters is 1. The zero-order chi connectivity index (χ0) is 34.1. The average Bonchev–Trinajstić information content (AvgIpc) is 2.97. The highest BCUT2D eigenvalue weighted by Gasteiger charge is 2.30. The molecule has 10 nitrogen and oxygen atoms in total. The van der Waals surface area contributed by atoms with Gasteiger partial charge in [0.1, 0.15) is 23.6 Å². The van der Waals surface area contributed by atoms with Gasteiger partial charge in [-0.2, -0.15) is 0 Å². The van der Waals surface area contributed by atoms with Crippen LogP contribution in [0.4, 0.5) is 10.6 Å². The molecule has 0 saturated carbocycles. The molecule has 0 aliphatic heterocycles. The highest BCUT2D eigenvalue weighted by molar-refractivity contribution is 7.89. The Labute approximate surface area is 273 Å². The van der Waals surface area contributed by atoms with Gasteiger partial charge in [-0.1, -0.05) is 55.8 Å². The number of hydrogen-bond donors (Lipinski definition) is 1. The molecule has 3 aromatic rings. The van der Waals surface area contributed by atoms with Crippen LogP contribution in [0.5, 0.6) is 0 Å². The summed E-state index contributed by atoms with van der Waals surface area (Å²) in [6, 6.07) is 16.6. The summed E-state index contributed by atoms with van der Waals surface area (Å²) in [5, 5.41) is -0.136. The van der Waals surface area contributed by atoms with E-state index < -0.39 is 45.9 Å². The van der Waals surface area contributed by atoms with Crippen molar-refractivity contribution in [3.05, 3.63) is 89.8 Å². The lowest BCUT2D eigenvalue weighted by Crippen LogP contribution is -2.42. The van der Waals surface area contributed by atoms with E-state index in [0.29, 0.717) is 5.69 Å². The smallest absolute Gasteiger partial charge is 0.416 e. The first kappa shape index (κ1) is 36.4. The SMILES string of the molecule is CCCC=C(C)c1ccc(CC(NS(=O)(=O)c2ccccn2)c2cccc(N(CC(=O)OC(C)(C)C)C(=O)OC(C)(C)C)n2)cc1. The number of aromatic nitrogens is 2. The van der Waals surface area contributed by atoms with E-state index in [-0.39, 0.29) is 17.3 Å². The molecule has 1 aromatic carbocycles. The second-order valence-electron chi connectivity index (χ2n) is 13.0. The van der Waals surface area contributed by atoms with Crippen molar-refractivity contribution >= 4 is 33.5 Å². The maximum absolute atomic E-state index is 13.5. The summed E-state index contributed by atoms with van der Waals surface area (Å²) in [6.07, 6.45) is 5.10. The van der Waals surface area contributed by atoms with Crippen LogP contribution in [0, 0.1) is 0 Å². The number of nitrogens with one attached hydrogen (secondary N) is 1. The number of anilines is 1. The zero-order valence-electron chi connectivity index (χ0n) is 28.0. The van der Waals surface area contributed by atoms with Crippen LogP contribution in [0.25, 0.3) is 5.57 Å². The number of rotatable bonds is 12. The predicted octanol–water partition coefficient (Wildman–Crippen LogP) is 7.03. The van der Waals surface area contributed by atoms with E-state index in [2.05, 4.69) is 34.6 Å². The van der Waals surface area contributed by atoms with Crippen LogP contribution >= 0.6 is 0 Å². The lowest BCUT2D eigenvalue weighted by atomic mass is 9.99. The molecule has 0 radical (unpaired) electrons. The van der Waals surface area contributed by atoms with Gasteiger partial charge in [0.25, 0.3) is 10.0 Å². The van der Waals surface area contributed by atoms with Gasteiger partial charge in [-0.25, -0.2) is 27.9 Å². The first-order chi connectivity index (χ1) is 21.5. The summed E-state index contributed by atoms with van der Waals surface area (Å²) in [5.41, 5.74) is 1.82. The Morgan fingerprint density at radius 3 is 2.20 bits per heavy atom. The molecule has 1 N–H and O–H groups in total. The molecular formula is C35H46N4O6S. The first-order valence-corrected chi connectivity index (χ1v) is 16.8. The first-order valence-electron chi connectivity index (χ1n) is 15.4. The Morgan fingerprint density at radius 2 is 1.61 bits per heavy atom. The van der Waals surface area contributed by atoms with Crippen molar-refractivity contribution in [1.29, 1.82) is 0 Å². The fourth-order valence-corrected chi connectivity index (χ4v) is 5.58. The van der Waals surface area contributed by atoms with Gasteiger partial charge in [-0.15, -0.1) is 0 Å². The number of unbranched alkanes of at least 4 members (excludes halogenated alkanes) is 1. The Kier molecular flexibility index (Phi) is 12.2. The lowest BCUT2D eigenvalue weighted by molar-refractivity contribution is -0.153. The fraction of sp³-hybridized carbons (Fsp3) is 0.429. The van der Waals surface area contributed by atoms with E-state index in [1.165, 1.54) is 17.8 Å². The van der Waals surface area contributed by atoms with Gasteiger partial charge in [-0.05, 0) is 102 Å². The third kappa shape index (κ3) is 11.4. The number of carbonyl (C=O) groups is 2. The number of nitrogens with zero attached hydrogens (tertiary/aromatic N) is 3. The third-order valence-electron chi connectivity index (χ3n) is 6.51. The van der Waals surface area contributed by atoms with Gasteiger partial charge in [-0.3, -0.25) is 9.69 Å².